The van der Waals surface area contributed by atoms with Crippen LogP contribution in [-0.2, 0) is 4.79 Å². The third-order valence-electron chi connectivity index (χ3n) is 2.13. The molecule has 1 aromatic carbocycles. The molecule has 0 atom stereocenters. The highest BCUT2D eigenvalue weighted by Gasteiger charge is 2.29. The van der Waals surface area contributed by atoms with Crippen LogP contribution in [0.5, 0.6) is 0 Å². The van der Waals surface area contributed by atoms with E-state index < -0.39 is 23.2 Å². The van der Waals surface area contributed by atoms with Gasteiger partial charge in [0.05, 0.1) is 5.56 Å². The van der Waals surface area contributed by atoms with Crippen molar-refractivity contribution in [3.63, 3.8) is 0 Å². The second-order valence-electron chi connectivity index (χ2n) is 4.01. The molecule has 17 heavy (non-hydrogen) atoms. The third-order valence-corrected chi connectivity index (χ3v) is 2.83. The monoisotopic (exact) mass is 303 g/mol. The van der Waals surface area contributed by atoms with Crippen molar-refractivity contribution in [2.45, 2.75) is 19.4 Å². The zero-order chi connectivity index (χ0) is 13.2. The first-order valence-corrected chi connectivity index (χ1v) is 5.54. The first kappa shape index (κ1) is 13.6. The second-order valence-corrected chi connectivity index (χ2v) is 4.86. The highest BCUT2D eigenvalue weighted by molar-refractivity contribution is 9.10. The molecule has 4 nitrogen and oxygen atoms in total. The Morgan fingerprint density at radius 3 is 2.53 bits per heavy atom. The molecule has 1 rings (SSSR count). The molecule has 0 aliphatic rings. The minimum absolute atomic E-state index is 0.0549. The van der Waals surface area contributed by atoms with Gasteiger partial charge in [-0.2, -0.15) is 0 Å². The summed E-state index contributed by atoms with van der Waals surface area (Å²) in [5, 5.41) is 11.2. The Hall–Kier alpha value is -1.43. The maximum Gasteiger partial charge on any atom is 0.328 e. The van der Waals surface area contributed by atoms with E-state index >= 15 is 0 Å². The zero-order valence-electron chi connectivity index (χ0n) is 9.25. The van der Waals surface area contributed by atoms with Crippen molar-refractivity contribution in [2.75, 3.05) is 0 Å². The fraction of sp³-hybridized carbons (Fsp3) is 0.273. The number of carbonyl (C=O) groups is 2. The molecule has 0 fully saturated rings. The molecule has 0 heterocycles. The van der Waals surface area contributed by atoms with E-state index in [9.17, 15) is 14.0 Å². The number of amides is 1. The number of nitrogens with one attached hydrogen (secondary N) is 1. The topological polar surface area (TPSA) is 66.4 Å². The van der Waals surface area contributed by atoms with Crippen molar-refractivity contribution in [2.24, 2.45) is 0 Å². The highest BCUT2D eigenvalue weighted by Crippen LogP contribution is 2.18. The average molecular weight is 304 g/mol. The summed E-state index contributed by atoms with van der Waals surface area (Å²) >= 11 is 3.10. The lowest BCUT2D eigenvalue weighted by molar-refractivity contribution is -0.143. The summed E-state index contributed by atoms with van der Waals surface area (Å²) in [6.07, 6.45) is 0. The quantitative estimate of drug-likeness (QED) is 0.899. The van der Waals surface area contributed by atoms with Crippen LogP contribution in [0.4, 0.5) is 4.39 Å². The molecule has 0 unspecified atom stereocenters. The normalized spacial score (nSPS) is 11.1. The van der Waals surface area contributed by atoms with Crippen molar-refractivity contribution >= 4 is 27.8 Å². The van der Waals surface area contributed by atoms with Crippen LogP contribution < -0.4 is 5.32 Å². The predicted molar refractivity (Wildman–Crippen MR) is 63.3 cm³/mol. The Kier molecular flexibility index (Phi) is 3.87. The average Bonchev–Trinajstić information content (AvgIpc) is 2.20. The van der Waals surface area contributed by atoms with Gasteiger partial charge in [0.1, 0.15) is 11.4 Å². The summed E-state index contributed by atoms with van der Waals surface area (Å²) < 4.78 is 13.4. The van der Waals surface area contributed by atoms with Gasteiger partial charge in [-0.25, -0.2) is 9.18 Å². The van der Waals surface area contributed by atoms with Crippen LogP contribution in [0.2, 0.25) is 0 Å². The number of benzene rings is 1. The maximum absolute atomic E-state index is 13.0. The van der Waals surface area contributed by atoms with Crippen LogP contribution in [-0.4, -0.2) is 22.5 Å². The van der Waals surface area contributed by atoms with Crippen molar-refractivity contribution in [3.8, 4) is 0 Å². The largest absolute Gasteiger partial charge is 0.480 e. The molecule has 92 valence electrons. The standard InChI is InChI=1S/C11H11BrFNO3/c1-11(2,10(16)17)14-9(15)7-5-6(13)3-4-8(7)12/h3-5H,1-2H3,(H,14,15)(H,16,17). The van der Waals surface area contributed by atoms with Crippen LogP contribution in [0.15, 0.2) is 22.7 Å². The van der Waals surface area contributed by atoms with Crippen LogP contribution in [0.3, 0.4) is 0 Å². The summed E-state index contributed by atoms with van der Waals surface area (Å²) in [5.41, 5.74) is -1.36. The highest BCUT2D eigenvalue weighted by atomic mass is 79.9. The van der Waals surface area contributed by atoms with Crippen LogP contribution >= 0.6 is 15.9 Å². The Morgan fingerprint density at radius 2 is 2.00 bits per heavy atom. The molecule has 0 aromatic heterocycles. The minimum Gasteiger partial charge on any atom is -0.480 e. The summed E-state index contributed by atoms with van der Waals surface area (Å²) in [4.78, 5) is 22.6. The van der Waals surface area contributed by atoms with Crippen molar-refractivity contribution in [1.82, 2.24) is 5.32 Å². The van der Waals surface area contributed by atoms with Gasteiger partial charge < -0.3 is 10.4 Å². The summed E-state index contributed by atoms with van der Waals surface area (Å²) in [6.45, 7) is 2.70. The van der Waals surface area contributed by atoms with Crippen molar-refractivity contribution in [1.29, 1.82) is 0 Å². The molecular weight excluding hydrogens is 293 g/mol. The van der Waals surface area contributed by atoms with E-state index in [1.54, 1.807) is 0 Å². The van der Waals surface area contributed by atoms with Gasteiger partial charge in [-0.3, -0.25) is 4.79 Å². The molecule has 0 radical (unpaired) electrons. The lowest BCUT2D eigenvalue weighted by Gasteiger charge is -2.21. The van der Waals surface area contributed by atoms with Gasteiger partial charge in [0, 0.05) is 4.47 Å². The molecule has 0 saturated heterocycles. The molecule has 0 aliphatic heterocycles. The van der Waals surface area contributed by atoms with Gasteiger partial charge in [0.2, 0.25) is 0 Å². The molecule has 0 bridgehead atoms. The van der Waals surface area contributed by atoms with Gasteiger partial charge in [0.15, 0.2) is 0 Å². The van der Waals surface area contributed by atoms with Gasteiger partial charge in [0.25, 0.3) is 5.91 Å². The Bertz CT molecular complexity index is 474. The summed E-state index contributed by atoms with van der Waals surface area (Å²) in [5.74, 6) is -2.38. The van der Waals surface area contributed by atoms with Gasteiger partial charge >= 0.3 is 5.97 Å². The van der Waals surface area contributed by atoms with Crippen molar-refractivity contribution in [3.05, 3.63) is 34.1 Å². The third kappa shape index (κ3) is 3.26. The van der Waals surface area contributed by atoms with E-state index in [0.29, 0.717) is 4.47 Å². The molecular formula is C11H11BrFNO3. The fourth-order valence-corrected chi connectivity index (χ4v) is 1.50. The van der Waals surface area contributed by atoms with Gasteiger partial charge in [-0.1, -0.05) is 0 Å². The number of carboxylic acids is 1. The van der Waals surface area contributed by atoms with Crippen molar-refractivity contribution < 1.29 is 19.1 Å². The van der Waals surface area contributed by atoms with E-state index in [4.69, 9.17) is 5.11 Å². The van der Waals surface area contributed by atoms with Crippen LogP contribution in [0, 0.1) is 5.82 Å². The lowest BCUT2D eigenvalue weighted by atomic mass is 10.1. The van der Waals surface area contributed by atoms with E-state index in [0.717, 1.165) is 6.07 Å². The number of hydrogen-bond acceptors (Lipinski definition) is 2. The van der Waals surface area contributed by atoms with E-state index in [1.165, 1.54) is 26.0 Å². The number of aliphatic carboxylic acids is 1. The number of carbonyl (C=O) groups excluding carboxylic acids is 1. The van der Waals surface area contributed by atoms with E-state index in [1.807, 2.05) is 0 Å². The molecule has 0 saturated carbocycles. The Labute approximate surface area is 106 Å². The van der Waals surface area contributed by atoms with Crippen LogP contribution in [0.1, 0.15) is 24.2 Å². The zero-order valence-corrected chi connectivity index (χ0v) is 10.8. The smallest absolute Gasteiger partial charge is 0.328 e. The Balaban J connectivity index is 2.98. The predicted octanol–water partition coefficient (Wildman–Crippen LogP) is 2.18. The molecule has 0 aliphatic carbocycles. The second kappa shape index (κ2) is 4.83. The number of rotatable bonds is 3. The first-order valence-electron chi connectivity index (χ1n) is 4.75. The molecule has 0 spiro atoms. The minimum atomic E-state index is -1.41. The fourth-order valence-electron chi connectivity index (χ4n) is 1.08. The lowest BCUT2D eigenvalue weighted by Crippen LogP contribution is -2.49. The summed E-state index contributed by atoms with van der Waals surface area (Å²) in [6, 6.07) is 3.62. The number of hydrogen-bond donors (Lipinski definition) is 2. The molecule has 1 amide bonds. The Morgan fingerprint density at radius 1 is 1.41 bits per heavy atom. The van der Waals surface area contributed by atoms with Gasteiger partial charge in [-0.15, -0.1) is 0 Å². The van der Waals surface area contributed by atoms with E-state index in [-0.39, 0.29) is 5.56 Å². The first-order chi connectivity index (χ1) is 7.74. The van der Waals surface area contributed by atoms with E-state index in [2.05, 4.69) is 21.2 Å². The maximum atomic E-state index is 13.0. The molecule has 1 aromatic rings. The number of halogens is 2. The molecule has 2 N–H and O–H groups in total. The van der Waals surface area contributed by atoms with Gasteiger partial charge in [-0.05, 0) is 48.0 Å². The SMILES string of the molecule is CC(C)(NC(=O)c1cc(F)ccc1Br)C(=O)O. The number of carboxylic acid groups (broad SMARTS) is 1. The molecule has 6 heteroatoms. The summed E-state index contributed by atoms with van der Waals surface area (Å²) in [7, 11) is 0. The van der Waals surface area contributed by atoms with Crippen LogP contribution in [0.25, 0.3) is 0 Å².